The maximum absolute atomic E-state index is 12.6. The summed E-state index contributed by atoms with van der Waals surface area (Å²) < 4.78 is 2.06. The maximum Gasteiger partial charge on any atom is 0.248 e. The first-order valence-electron chi connectivity index (χ1n) is 9.76. The Morgan fingerprint density at radius 1 is 1.17 bits per heavy atom. The minimum absolute atomic E-state index is 0.157. The first kappa shape index (κ1) is 21.6. The fraction of sp³-hybridized carbons (Fsp3) is 0.273. The van der Waals surface area contributed by atoms with E-state index in [-0.39, 0.29) is 11.2 Å². The van der Waals surface area contributed by atoms with Gasteiger partial charge in [-0.2, -0.15) is 0 Å². The number of thioether (sulfide) groups is 1. The molecule has 3 aromatic rings. The number of nitrogens with one attached hydrogen (secondary N) is 1. The van der Waals surface area contributed by atoms with Crippen molar-refractivity contribution in [2.45, 2.75) is 44.1 Å². The molecule has 1 aromatic heterocycles. The monoisotopic (exact) mass is 423 g/mol. The third-order valence-corrected chi connectivity index (χ3v) is 5.61. The summed E-state index contributed by atoms with van der Waals surface area (Å²) in [7, 11) is 0. The van der Waals surface area contributed by atoms with Crippen molar-refractivity contribution in [2.75, 3.05) is 5.32 Å². The molecule has 0 saturated heterocycles. The van der Waals surface area contributed by atoms with Crippen LogP contribution in [0.15, 0.2) is 53.7 Å². The Kier molecular flexibility index (Phi) is 6.89. The molecule has 0 fully saturated rings. The fourth-order valence-electron chi connectivity index (χ4n) is 2.97. The summed E-state index contributed by atoms with van der Waals surface area (Å²) in [6.07, 6.45) is 0.928. The molecule has 2 aromatic carbocycles. The van der Waals surface area contributed by atoms with E-state index in [1.165, 1.54) is 11.8 Å². The zero-order valence-electron chi connectivity index (χ0n) is 17.3. The van der Waals surface area contributed by atoms with E-state index in [4.69, 9.17) is 5.73 Å². The quantitative estimate of drug-likeness (QED) is 0.535. The van der Waals surface area contributed by atoms with Crippen LogP contribution in [-0.2, 0) is 11.3 Å². The van der Waals surface area contributed by atoms with Crippen LogP contribution in [0.3, 0.4) is 0 Å². The van der Waals surface area contributed by atoms with Crippen molar-refractivity contribution in [2.24, 2.45) is 5.73 Å². The standard InChI is InChI=1S/C22H25N5O2S/c1-4-12-27-20(17-7-5-6-14(2)13-17)25-26-22(27)30-15(3)21(29)24-18-10-8-16(9-11-18)19(23)28/h5-11,13,15H,4,12H2,1-3H3,(H2,23,28)(H,24,29)/t15-/m1/s1. The second kappa shape index (κ2) is 9.58. The highest BCUT2D eigenvalue weighted by atomic mass is 32.2. The Morgan fingerprint density at radius 3 is 2.53 bits per heavy atom. The van der Waals surface area contributed by atoms with Crippen LogP contribution in [0.2, 0.25) is 0 Å². The zero-order valence-corrected chi connectivity index (χ0v) is 18.1. The first-order valence-corrected chi connectivity index (χ1v) is 10.6. The van der Waals surface area contributed by atoms with Crippen LogP contribution in [-0.4, -0.2) is 31.8 Å². The molecule has 3 rings (SSSR count). The molecule has 0 aliphatic carbocycles. The minimum Gasteiger partial charge on any atom is -0.366 e. The maximum atomic E-state index is 12.6. The minimum atomic E-state index is -0.503. The Bertz CT molecular complexity index is 1050. The van der Waals surface area contributed by atoms with E-state index in [0.29, 0.717) is 16.4 Å². The molecular formula is C22H25N5O2S. The largest absolute Gasteiger partial charge is 0.366 e. The van der Waals surface area contributed by atoms with Crippen molar-refractivity contribution >= 4 is 29.3 Å². The summed E-state index contributed by atoms with van der Waals surface area (Å²) in [6.45, 7) is 6.74. The van der Waals surface area contributed by atoms with Crippen molar-refractivity contribution in [3.05, 3.63) is 59.7 Å². The van der Waals surface area contributed by atoms with Gasteiger partial charge < -0.3 is 15.6 Å². The lowest BCUT2D eigenvalue weighted by atomic mass is 10.1. The van der Waals surface area contributed by atoms with Gasteiger partial charge in [-0.15, -0.1) is 10.2 Å². The number of anilines is 1. The van der Waals surface area contributed by atoms with Gasteiger partial charge in [-0.05, 0) is 50.6 Å². The highest BCUT2D eigenvalue weighted by Crippen LogP contribution is 2.28. The normalized spacial score (nSPS) is 11.8. The lowest BCUT2D eigenvalue weighted by Gasteiger charge is -2.13. The smallest absolute Gasteiger partial charge is 0.248 e. The molecule has 0 aliphatic rings. The van der Waals surface area contributed by atoms with Gasteiger partial charge in [-0.1, -0.05) is 42.4 Å². The third-order valence-electron chi connectivity index (χ3n) is 4.53. The Morgan fingerprint density at radius 2 is 1.90 bits per heavy atom. The third kappa shape index (κ3) is 5.07. The number of aromatic nitrogens is 3. The highest BCUT2D eigenvalue weighted by Gasteiger charge is 2.21. The Hall–Kier alpha value is -3.13. The van der Waals surface area contributed by atoms with Crippen LogP contribution in [0.25, 0.3) is 11.4 Å². The molecule has 0 spiro atoms. The Balaban J connectivity index is 1.74. The van der Waals surface area contributed by atoms with Gasteiger partial charge in [0.25, 0.3) is 0 Å². The molecule has 1 atom stereocenters. The predicted octanol–water partition coefficient (Wildman–Crippen LogP) is 3.88. The van der Waals surface area contributed by atoms with Gasteiger partial charge >= 0.3 is 0 Å². The van der Waals surface area contributed by atoms with Gasteiger partial charge in [-0.3, -0.25) is 9.59 Å². The number of hydrogen-bond donors (Lipinski definition) is 2. The van der Waals surface area contributed by atoms with Gasteiger partial charge in [0.1, 0.15) is 0 Å². The number of nitrogens with zero attached hydrogens (tertiary/aromatic N) is 3. The molecule has 30 heavy (non-hydrogen) atoms. The number of aryl methyl sites for hydroxylation is 1. The van der Waals surface area contributed by atoms with E-state index >= 15 is 0 Å². The lowest BCUT2D eigenvalue weighted by molar-refractivity contribution is -0.115. The number of carbonyl (C=O) groups excluding carboxylic acids is 2. The summed E-state index contributed by atoms with van der Waals surface area (Å²) in [5.41, 5.74) is 8.41. The van der Waals surface area contributed by atoms with E-state index in [1.807, 2.05) is 32.0 Å². The van der Waals surface area contributed by atoms with Crippen molar-refractivity contribution < 1.29 is 9.59 Å². The van der Waals surface area contributed by atoms with Crippen LogP contribution in [0.1, 0.15) is 36.2 Å². The Labute approximate surface area is 180 Å². The summed E-state index contributed by atoms with van der Waals surface area (Å²) >= 11 is 1.37. The fourth-order valence-corrected chi connectivity index (χ4v) is 3.85. The summed E-state index contributed by atoms with van der Waals surface area (Å²) in [4.78, 5) is 23.8. The number of rotatable bonds is 8. The zero-order chi connectivity index (χ0) is 21.7. The van der Waals surface area contributed by atoms with E-state index in [9.17, 15) is 9.59 Å². The van der Waals surface area contributed by atoms with Crippen molar-refractivity contribution in [1.29, 1.82) is 0 Å². The second-order valence-electron chi connectivity index (χ2n) is 7.02. The number of benzene rings is 2. The van der Waals surface area contributed by atoms with Gasteiger partial charge in [-0.25, -0.2) is 0 Å². The van der Waals surface area contributed by atoms with Crippen LogP contribution < -0.4 is 11.1 Å². The molecule has 2 amide bonds. The number of hydrogen-bond acceptors (Lipinski definition) is 5. The van der Waals surface area contributed by atoms with Crippen LogP contribution in [0.4, 0.5) is 5.69 Å². The molecule has 0 radical (unpaired) electrons. The predicted molar refractivity (Wildman–Crippen MR) is 119 cm³/mol. The summed E-state index contributed by atoms with van der Waals surface area (Å²) in [5, 5.41) is 11.9. The van der Waals surface area contributed by atoms with Crippen molar-refractivity contribution in [3.8, 4) is 11.4 Å². The van der Waals surface area contributed by atoms with E-state index in [0.717, 1.165) is 29.9 Å². The van der Waals surface area contributed by atoms with Crippen LogP contribution in [0.5, 0.6) is 0 Å². The summed E-state index contributed by atoms with van der Waals surface area (Å²) in [6, 6.07) is 14.6. The molecule has 156 valence electrons. The molecule has 0 unspecified atom stereocenters. The molecule has 1 heterocycles. The molecule has 7 nitrogen and oxygen atoms in total. The molecule has 3 N–H and O–H groups in total. The SMILES string of the molecule is CCCn1c(S[C@H](C)C(=O)Nc2ccc(C(N)=O)cc2)nnc1-c1cccc(C)c1. The van der Waals surface area contributed by atoms with E-state index in [1.54, 1.807) is 24.3 Å². The number of amides is 2. The van der Waals surface area contributed by atoms with Gasteiger partial charge in [0, 0.05) is 23.4 Å². The number of carbonyl (C=O) groups is 2. The molecule has 0 saturated carbocycles. The van der Waals surface area contributed by atoms with Gasteiger partial charge in [0.05, 0.1) is 5.25 Å². The van der Waals surface area contributed by atoms with Crippen molar-refractivity contribution in [1.82, 2.24) is 14.8 Å². The lowest BCUT2D eigenvalue weighted by Crippen LogP contribution is -2.23. The molecule has 8 heteroatoms. The van der Waals surface area contributed by atoms with Crippen LogP contribution in [0, 0.1) is 6.92 Å². The molecular weight excluding hydrogens is 398 g/mol. The average molecular weight is 424 g/mol. The van der Waals surface area contributed by atoms with Gasteiger partial charge in [0.2, 0.25) is 11.8 Å². The average Bonchev–Trinajstić information content (AvgIpc) is 3.11. The number of nitrogens with two attached hydrogens (primary N) is 1. The summed E-state index contributed by atoms with van der Waals surface area (Å²) in [5.74, 6) is 0.143. The molecule has 0 bridgehead atoms. The van der Waals surface area contributed by atoms with Crippen molar-refractivity contribution in [3.63, 3.8) is 0 Å². The molecule has 0 aliphatic heterocycles. The van der Waals surface area contributed by atoms with E-state index in [2.05, 4.69) is 33.1 Å². The highest BCUT2D eigenvalue weighted by molar-refractivity contribution is 8.00. The first-order chi connectivity index (χ1) is 14.4. The number of primary amides is 1. The van der Waals surface area contributed by atoms with E-state index < -0.39 is 5.91 Å². The van der Waals surface area contributed by atoms with Gasteiger partial charge in [0.15, 0.2) is 11.0 Å². The topological polar surface area (TPSA) is 103 Å². The van der Waals surface area contributed by atoms with Crippen LogP contribution >= 0.6 is 11.8 Å². The second-order valence-corrected chi connectivity index (χ2v) is 8.33.